The van der Waals surface area contributed by atoms with E-state index >= 15 is 0 Å². The van der Waals surface area contributed by atoms with Crippen molar-refractivity contribution in [1.29, 1.82) is 0 Å². The second-order valence-corrected chi connectivity index (χ2v) is 9.35. The predicted molar refractivity (Wildman–Crippen MR) is 109 cm³/mol. The smallest absolute Gasteiger partial charge is 0.325 e. The molecule has 1 saturated heterocycles. The lowest BCUT2D eigenvalue weighted by atomic mass is 9.71. The Morgan fingerprint density at radius 2 is 1.80 bits per heavy atom. The number of rotatable bonds is 4. The van der Waals surface area contributed by atoms with Gasteiger partial charge in [-0.3, -0.25) is 0 Å². The highest BCUT2D eigenvalue weighted by atomic mass is 32.2. The van der Waals surface area contributed by atoms with Crippen molar-refractivity contribution in [2.75, 3.05) is 18.4 Å². The van der Waals surface area contributed by atoms with Gasteiger partial charge in [0.15, 0.2) is 0 Å². The number of hydrogen-bond acceptors (Lipinski definition) is 4. The molecule has 4 rings (SSSR count). The van der Waals surface area contributed by atoms with Gasteiger partial charge in [-0.2, -0.15) is 23.4 Å². The molecule has 2 amide bonds. The van der Waals surface area contributed by atoms with Gasteiger partial charge in [0.1, 0.15) is 0 Å². The third-order valence-corrected chi connectivity index (χ3v) is 7.72. The average Bonchev–Trinajstić information content (AvgIpc) is 2.71. The van der Waals surface area contributed by atoms with E-state index < -0.39 is 11.7 Å². The van der Waals surface area contributed by atoms with E-state index in [2.05, 4.69) is 15.5 Å². The van der Waals surface area contributed by atoms with Crippen LogP contribution in [0.4, 0.5) is 23.7 Å². The van der Waals surface area contributed by atoms with Crippen LogP contribution in [-0.2, 0) is 6.18 Å². The van der Waals surface area contributed by atoms with Crippen molar-refractivity contribution >= 4 is 23.5 Å². The molecule has 0 spiro atoms. The quantitative estimate of drug-likeness (QED) is 0.692. The number of aromatic nitrogens is 2. The number of alkyl halides is 3. The molecule has 2 aromatic rings. The molecular weight excluding hydrogens is 413 g/mol. The molecule has 1 aromatic carbocycles. The first-order chi connectivity index (χ1) is 14.4. The minimum atomic E-state index is -4.31. The van der Waals surface area contributed by atoms with Crippen LogP contribution in [-0.4, -0.2) is 39.0 Å². The second kappa shape index (κ2) is 8.45. The Labute approximate surface area is 177 Å². The maximum absolute atomic E-state index is 12.8. The van der Waals surface area contributed by atoms with E-state index in [1.807, 2.05) is 4.90 Å². The zero-order chi connectivity index (χ0) is 21.2. The van der Waals surface area contributed by atoms with Gasteiger partial charge in [0, 0.05) is 22.7 Å². The summed E-state index contributed by atoms with van der Waals surface area (Å²) in [6.45, 7) is 1.34. The van der Waals surface area contributed by atoms with Crippen molar-refractivity contribution in [2.24, 2.45) is 5.92 Å². The first-order valence-electron chi connectivity index (χ1n) is 10.0. The number of halogens is 3. The fourth-order valence-electron chi connectivity index (χ4n) is 4.24. The number of benzene rings is 1. The number of piperidine rings is 1. The Morgan fingerprint density at radius 1 is 1.10 bits per heavy atom. The molecule has 0 atom stereocenters. The third kappa shape index (κ3) is 4.55. The number of carbonyl (C=O) groups is 1. The van der Waals surface area contributed by atoms with E-state index in [1.54, 1.807) is 30.0 Å². The zero-order valence-corrected chi connectivity index (χ0v) is 17.2. The molecule has 2 heterocycles. The lowest BCUT2D eigenvalue weighted by Gasteiger charge is -2.50. The topological polar surface area (TPSA) is 58.1 Å². The molecule has 9 heteroatoms. The number of hydrogen-bond donors (Lipinski definition) is 1. The number of nitrogens with zero attached hydrogens (tertiary/aromatic N) is 3. The minimum absolute atomic E-state index is 0.0668. The minimum Gasteiger partial charge on any atom is -0.325 e. The zero-order valence-electron chi connectivity index (χ0n) is 16.4. The van der Waals surface area contributed by atoms with E-state index in [0.29, 0.717) is 24.7 Å². The number of nitrogens with one attached hydrogen (secondary N) is 1. The van der Waals surface area contributed by atoms with Gasteiger partial charge in [0.2, 0.25) is 0 Å². The molecule has 1 aromatic heterocycles. The summed E-state index contributed by atoms with van der Waals surface area (Å²) in [5.41, 5.74) is 0.00340. The van der Waals surface area contributed by atoms with Crippen molar-refractivity contribution in [2.45, 2.75) is 47.9 Å². The Bertz CT molecular complexity index is 864. The van der Waals surface area contributed by atoms with Crippen LogP contribution in [0, 0.1) is 5.92 Å². The van der Waals surface area contributed by atoms with Gasteiger partial charge in [-0.1, -0.05) is 6.42 Å². The van der Waals surface area contributed by atoms with Crippen LogP contribution >= 0.6 is 11.8 Å². The Balaban J connectivity index is 1.35. The molecule has 2 fully saturated rings. The van der Waals surface area contributed by atoms with Crippen LogP contribution in [0.1, 0.15) is 37.7 Å². The maximum atomic E-state index is 12.8. The molecule has 0 unspecified atom stereocenters. The Morgan fingerprint density at radius 3 is 2.33 bits per heavy atom. The predicted octanol–water partition coefficient (Wildman–Crippen LogP) is 5.45. The van der Waals surface area contributed by atoms with Crippen molar-refractivity contribution in [1.82, 2.24) is 15.1 Å². The lowest BCUT2D eigenvalue weighted by Crippen LogP contribution is -2.49. The van der Waals surface area contributed by atoms with E-state index in [0.717, 1.165) is 49.1 Å². The van der Waals surface area contributed by atoms with Crippen molar-refractivity contribution in [3.05, 3.63) is 48.3 Å². The molecule has 160 valence electrons. The maximum Gasteiger partial charge on any atom is 0.416 e. The van der Waals surface area contributed by atoms with E-state index in [4.69, 9.17) is 0 Å². The fourth-order valence-corrected chi connectivity index (χ4v) is 5.88. The molecule has 1 N–H and O–H groups in total. The second-order valence-electron chi connectivity index (χ2n) is 7.87. The summed E-state index contributed by atoms with van der Waals surface area (Å²) in [7, 11) is 0. The summed E-state index contributed by atoms with van der Waals surface area (Å²) in [5, 5.41) is 10.3. The largest absolute Gasteiger partial charge is 0.416 e. The number of thioether (sulfide) groups is 1. The fraction of sp³-hybridized carbons (Fsp3) is 0.476. The van der Waals surface area contributed by atoms with E-state index in [1.165, 1.54) is 12.4 Å². The first kappa shape index (κ1) is 21.0. The number of urea groups is 1. The normalized spacial score (nSPS) is 19.2. The summed E-state index contributed by atoms with van der Waals surface area (Å²) < 4.78 is 38.5. The summed E-state index contributed by atoms with van der Waals surface area (Å²) in [6, 6.07) is 7.05. The SMILES string of the molecule is O=C(Nc1ccnnc1)N1CCC(C2(Sc3ccc(C(F)(F)F)cc3)CCC2)CC1. The van der Waals surface area contributed by atoms with Crippen molar-refractivity contribution < 1.29 is 18.0 Å². The molecular formula is C21H23F3N4OS. The number of amides is 2. The number of carbonyl (C=O) groups excluding carboxylic acids is 1. The summed E-state index contributed by atoms with van der Waals surface area (Å²) in [5.74, 6) is 0.449. The van der Waals surface area contributed by atoms with Gasteiger partial charge in [-0.05, 0) is 61.9 Å². The third-order valence-electron chi connectivity index (χ3n) is 6.06. The standard InChI is InChI=1S/C21H23F3N4OS/c22-21(23,24)16-2-4-18(5-3-16)30-20(9-1-10-20)15-7-12-28(13-8-15)19(29)27-17-6-11-25-26-14-17/h2-6,11,14-15H,1,7-10,12-13H2,(H,25,27,29). The number of likely N-dealkylation sites (tertiary alicyclic amines) is 1. The monoisotopic (exact) mass is 436 g/mol. The van der Waals surface area contributed by atoms with Gasteiger partial charge >= 0.3 is 12.2 Å². The highest BCUT2D eigenvalue weighted by molar-refractivity contribution is 8.00. The van der Waals surface area contributed by atoms with Crippen LogP contribution in [0.5, 0.6) is 0 Å². The Hall–Kier alpha value is -2.29. The molecule has 30 heavy (non-hydrogen) atoms. The van der Waals surface area contributed by atoms with Crippen molar-refractivity contribution in [3.8, 4) is 0 Å². The molecule has 2 aliphatic rings. The lowest BCUT2D eigenvalue weighted by molar-refractivity contribution is -0.137. The first-order valence-corrected chi connectivity index (χ1v) is 10.9. The highest BCUT2D eigenvalue weighted by Gasteiger charge is 2.46. The van der Waals surface area contributed by atoms with Gasteiger partial charge in [0.05, 0.1) is 23.6 Å². The van der Waals surface area contributed by atoms with Crippen LogP contribution in [0.15, 0.2) is 47.6 Å². The van der Waals surface area contributed by atoms with Crippen molar-refractivity contribution in [3.63, 3.8) is 0 Å². The molecule has 1 aliphatic heterocycles. The van der Waals surface area contributed by atoms with Gasteiger partial charge in [-0.25, -0.2) is 4.79 Å². The van der Waals surface area contributed by atoms with Crippen LogP contribution in [0.2, 0.25) is 0 Å². The summed E-state index contributed by atoms with van der Waals surface area (Å²) in [6.07, 6.45) is 3.80. The average molecular weight is 437 g/mol. The molecule has 1 saturated carbocycles. The van der Waals surface area contributed by atoms with E-state index in [9.17, 15) is 18.0 Å². The highest BCUT2D eigenvalue weighted by Crippen LogP contribution is 2.55. The molecule has 1 aliphatic carbocycles. The summed E-state index contributed by atoms with van der Waals surface area (Å²) in [4.78, 5) is 15.2. The van der Waals surface area contributed by atoms with Crippen LogP contribution in [0.3, 0.4) is 0 Å². The van der Waals surface area contributed by atoms with Gasteiger partial charge in [0.25, 0.3) is 0 Å². The van der Waals surface area contributed by atoms with Crippen LogP contribution < -0.4 is 5.32 Å². The van der Waals surface area contributed by atoms with Gasteiger partial charge < -0.3 is 10.2 Å². The molecule has 0 radical (unpaired) electrons. The molecule has 0 bridgehead atoms. The molecule has 5 nitrogen and oxygen atoms in total. The summed E-state index contributed by atoms with van der Waals surface area (Å²) >= 11 is 1.71. The van der Waals surface area contributed by atoms with E-state index in [-0.39, 0.29) is 10.8 Å². The number of anilines is 1. The Kier molecular flexibility index (Phi) is 5.90. The van der Waals surface area contributed by atoms with Gasteiger partial charge in [-0.15, -0.1) is 11.8 Å². The van der Waals surface area contributed by atoms with Crippen LogP contribution in [0.25, 0.3) is 0 Å².